The van der Waals surface area contributed by atoms with E-state index in [0.717, 1.165) is 28.3 Å². The van der Waals surface area contributed by atoms with Crippen LogP contribution in [0, 0.1) is 0 Å². The summed E-state index contributed by atoms with van der Waals surface area (Å²) in [6.07, 6.45) is 0. The first kappa shape index (κ1) is 23.9. The normalized spacial score (nSPS) is 10.7. The van der Waals surface area contributed by atoms with Crippen molar-refractivity contribution in [1.29, 1.82) is 0 Å². The fraction of sp³-hybridized carbons (Fsp3) is 0.364. The number of rotatable bonds is 9. The molecule has 2 aromatic carbocycles. The minimum absolute atomic E-state index is 0. The molecule has 0 spiro atoms. The molecule has 1 aromatic heterocycles. The molecule has 0 fully saturated rings. The number of ether oxygens (including phenoxy) is 2. The van der Waals surface area contributed by atoms with E-state index in [4.69, 9.17) is 14.5 Å². The third-order valence-corrected chi connectivity index (χ3v) is 5.36. The second kappa shape index (κ2) is 11.2. The molecule has 3 aromatic rings. The van der Waals surface area contributed by atoms with Crippen molar-refractivity contribution >= 4 is 45.0 Å². The number of hydrogen-bond donors (Lipinski definition) is 0. The lowest BCUT2D eigenvalue weighted by molar-refractivity contribution is 0.0985. The van der Waals surface area contributed by atoms with Crippen LogP contribution in [0.15, 0.2) is 42.5 Å². The standard InChI is InChI=1S/C22H27N3O3S.ClH/c1-5-27-17-9-7-16(8-10-17)21(26)25(14-13-24(3)4)22-23-19-12-11-18(28-6-2)15-20(19)29-22;/h7-12,15H,5-6,13-14H2,1-4H3;1H. The number of nitrogens with zero attached hydrogens (tertiary/aromatic N) is 3. The zero-order valence-electron chi connectivity index (χ0n) is 17.8. The highest BCUT2D eigenvalue weighted by atomic mass is 35.5. The summed E-state index contributed by atoms with van der Waals surface area (Å²) < 4.78 is 12.1. The third kappa shape index (κ3) is 5.84. The number of hydrogen-bond acceptors (Lipinski definition) is 6. The number of carbonyl (C=O) groups is 1. The Kier molecular flexibility index (Phi) is 8.89. The van der Waals surface area contributed by atoms with E-state index in [9.17, 15) is 4.79 Å². The predicted octanol–water partition coefficient (Wildman–Crippen LogP) is 4.72. The van der Waals surface area contributed by atoms with Crippen LogP contribution >= 0.6 is 23.7 Å². The van der Waals surface area contributed by atoms with Crippen molar-refractivity contribution in [2.75, 3.05) is 45.3 Å². The summed E-state index contributed by atoms with van der Waals surface area (Å²) in [6, 6.07) is 13.1. The van der Waals surface area contributed by atoms with E-state index < -0.39 is 0 Å². The average molecular weight is 450 g/mol. The quantitative estimate of drug-likeness (QED) is 0.473. The summed E-state index contributed by atoms with van der Waals surface area (Å²) in [5, 5.41) is 0.689. The second-order valence-corrected chi connectivity index (χ2v) is 7.79. The maximum atomic E-state index is 13.3. The van der Waals surface area contributed by atoms with E-state index in [1.54, 1.807) is 17.0 Å². The van der Waals surface area contributed by atoms with Crippen LogP contribution in [0.1, 0.15) is 24.2 Å². The van der Waals surface area contributed by atoms with Gasteiger partial charge in [0.2, 0.25) is 0 Å². The number of amides is 1. The van der Waals surface area contributed by atoms with Gasteiger partial charge in [0.05, 0.1) is 23.4 Å². The first-order valence-corrected chi connectivity index (χ1v) is 10.6. The Morgan fingerprint density at radius 3 is 2.23 bits per heavy atom. The molecule has 1 amide bonds. The van der Waals surface area contributed by atoms with Crippen LogP contribution in [0.25, 0.3) is 10.2 Å². The van der Waals surface area contributed by atoms with E-state index in [2.05, 4.69) is 4.90 Å². The van der Waals surface area contributed by atoms with E-state index in [0.29, 0.717) is 30.5 Å². The highest BCUT2D eigenvalue weighted by Gasteiger charge is 2.21. The van der Waals surface area contributed by atoms with E-state index >= 15 is 0 Å². The van der Waals surface area contributed by atoms with E-state index in [1.165, 1.54) is 11.3 Å². The predicted molar refractivity (Wildman–Crippen MR) is 126 cm³/mol. The molecule has 8 heteroatoms. The fourth-order valence-electron chi connectivity index (χ4n) is 2.86. The van der Waals surface area contributed by atoms with Gasteiger partial charge in [-0.1, -0.05) is 11.3 Å². The van der Waals surface area contributed by atoms with Gasteiger partial charge >= 0.3 is 0 Å². The Balaban J connectivity index is 0.00000320. The topological polar surface area (TPSA) is 54.9 Å². The maximum absolute atomic E-state index is 13.3. The SMILES string of the molecule is CCOc1ccc(C(=O)N(CCN(C)C)c2nc3ccc(OCC)cc3s2)cc1.Cl. The summed E-state index contributed by atoms with van der Waals surface area (Å²) in [4.78, 5) is 21.8. The van der Waals surface area contributed by atoms with Crippen molar-refractivity contribution in [3.63, 3.8) is 0 Å². The number of anilines is 1. The Morgan fingerprint density at radius 1 is 0.967 bits per heavy atom. The van der Waals surface area contributed by atoms with Crippen molar-refractivity contribution in [3.05, 3.63) is 48.0 Å². The number of benzene rings is 2. The summed E-state index contributed by atoms with van der Waals surface area (Å²) in [7, 11) is 3.98. The molecule has 0 aliphatic rings. The molecular weight excluding hydrogens is 422 g/mol. The van der Waals surface area contributed by atoms with Crippen molar-refractivity contribution in [1.82, 2.24) is 9.88 Å². The molecule has 0 atom stereocenters. The minimum atomic E-state index is -0.0704. The Hall–Kier alpha value is -2.35. The molecule has 1 heterocycles. The van der Waals surface area contributed by atoms with E-state index in [1.807, 2.05) is 58.3 Å². The van der Waals surface area contributed by atoms with Crippen LogP contribution in [0.5, 0.6) is 11.5 Å². The highest BCUT2D eigenvalue weighted by Crippen LogP contribution is 2.32. The molecule has 0 radical (unpaired) electrons. The summed E-state index contributed by atoms with van der Waals surface area (Å²) >= 11 is 1.50. The Bertz CT molecular complexity index is 960. The lowest BCUT2D eigenvalue weighted by Gasteiger charge is -2.22. The smallest absolute Gasteiger partial charge is 0.260 e. The highest BCUT2D eigenvalue weighted by molar-refractivity contribution is 7.22. The molecule has 0 aliphatic carbocycles. The number of carbonyl (C=O) groups excluding carboxylic acids is 1. The van der Waals surface area contributed by atoms with Gasteiger partial charge in [0.15, 0.2) is 5.13 Å². The number of halogens is 1. The summed E-state index contributed by atoms with van der Waals surface area (Å²) in [6.45, 7) is 6.40. The molecule has 0 aliphatic heterocycles. The first-order chi connectivity index (χ1) is 14.0. The van der Waals surface area contributed by atoms with Crippen molar-refractivity contribution in [2.45, 2.75) is 13.8 Å². The van der Waals surface area contributed by atoms with Crippen LogP contribution in [-0.4, -0.2) is 56.2 Å². The molecule has 0 saturated heterocycles. The lowest BCUT2D eigenvalue weighted by Crippen LogP contribution is -2.36. The number of fused-ring (bicyclic) bond motifs is 1. The van der Waals surface area contributed by atoms with Gasteiger partial charge in [-0.2, -0.15) is 0 Å². The number of aromatic nitrogens is 1. The van der Waals surface area contributed by atoms with Gasteiger partial charge in [0, 0.05) is 18.7 Å². The monoisotopic (exact) mass is 449 g/mol. The van der Waals surface area contributed by atoms with Gasteiger partial charge in [-0.25, -0.2) is 4.98 Å². The molecule has 6 nitrogen and oxygen atoms in total. The van der Waals surface area contributed by atoms with Gasteiger partial charge in [-0.15, -0.1) is 12.4 Å². The average Bonchev–Trinajstić information content (AvgIpc) is 3.12. The van der Waals surface area contributed by atoms with Crippen LogP contribution in [0.2, 0.25) is 0 Å². The van der Waals surface area contributed by atoms with Crippen molar-refractivity contribution in [2.24, 2.45) is 0 Å². The molecule has 0 saturated carbocycles. The zero-order valence-corrected chi connectivity index (χ0v) is 19.4. The first-order valence-electron chi connectivity index (χ1n) is 9.74. The lowest BCUT2D eigenvalue weighted by atomic mass is 10.2. The molecule has 0 unspecified atom stereocenters. The largest absolute Gasteiger partial charge is 0.494 e. The molecule has 30 heavy (non-hydrogen) atoms. The zero-order chi connectivity index (χ0) is 20.8. The Morgan fingerprint density at radius 2 is 1.60 bits per heavy atom. The van der Waals surface area contributed by atoms with Gasteiger partial charge in [-0.3, -0.25) is 9.69 Å². The van der Waals surface area contributed by atoms with Gasteiger partial charge in [0.1, 0.15) is 11.5 Å². The second-order valence-electron chi connectivity index (χ2n) is 6.78. The third-order valence-electron chi connectivity index (χ3n) is 4.32. The minimum Gasteiger partial charge on any atom is -0.494 e. The van der Waals surface area contributed by atoms with Gasteiger partial charge in [-0.05, 0) is 70.4 Å². The van der Waals surface area contributed by atoms with E-state index in [-0.39, 0.29) is 18.3 Å². The number of likely N-dealkylation sites (N-methyl/N-ethyl adjacent to an activating group) is 1. The van der Waals surface area contributed by atoms with Gasteiger partial charge < -0.3 is 14.4 Å². The molecule has 0 bridgehead atoms. The van der Waals surface area contributed by atoms with Crippen LogP contribution in [0.3, 0.4) is 0 Å². The summed E-state index contributed by atoms with van der Waals surface area (Å²) in [5.74, 6) is 1.50. The van der Waals surface area contributed by atoms with Crippen LogP contribution < -0.4 is 14.4 Å². The Labute approximate surface area is 187 Å². The molecular formula is C22H28ClN3O3S. The van der Waals surface area contributed by atoms with Crippen LogP contribution in [-0.2, 0) is 0 Å². The van der Waals surface area contributed by atoms with Crippen LogP contribution in [0.4, 0.5) is 5.13 Å². The molecule has 3 rings (SSSR count). The molecule has 162 valence electrons. The maximum Gasteiger partial charge on any atom is 0.260 e. The fourth-order valence-corrected chi connectivity index (χ4v) is 3.88. The number of thiazole rings is 1. The summed E-state index contributed by atoms with van der Waals surface area (Å²) in [5.41, 5.74) is 1.48. The van der Waals surface area contributed by atoms with Crippen molar-refractivity contribution in [3.8, 4) is 11.5 Å². The van der Waals surface area contributed by atoms with Gasteiger partial charge in [0.25, 0.3) is 5.91 Å². The molecule has 0 N–H and O–H groups in total. The van der Waals surface area contributed by atoms with Crippen molar-refractivity contribution < 1.29 is 14.3 Å².